The fraction of sp³-hybridized carbons (Fsp3) is 0.0769. The molecule has 0 saturated heterocycles. The van der Waals surface area contributed by atoms with Gasteiger partial charge in [0.1, 0.15) is 5.75 Å². The summed E-state index contributed by atoms with van der Waals surface area (Å²) >= 11 is 5.96. The number of nitro benzene ring substituents is 1. The number of nitrogens with zero attached hydrogens (tertiary/aromatic N) is 1. The summed E-state index contributed by atoms with van der Waals surface area (Å²) in [6.07, 6.45) is 0. The highest BCUT2D eigenvalue weighted by Crippen LogP contribution is 2.38. The van der Waals surface area contributed by atoms with Crippen LogP contribution >= 0.6 is 11.6 Å². The van der Waals surface area contributed by atoms with Crippen LogP contribution < -0.4 is 10.5 Å². The van der Waals surface area contributed by atoms with E-state index in [-0.39, 0.29) is 23.0 Å². The summed E-state index contributed by atoms with van der Waals surface area (Å²) in [6, 6.07) is 11.4. The number of ether oxygens (including phenoxy) is 1. The number of hydrogen-bond acceptors (Lipinski definition) is 4. The lowest BCUT2D eigenvalue weighted by atomic mass is 10.2. The van der Waals surface area contributed by atoms with Gasteiger partial charge in [-0.25, -0.2) is 0 Å². The predicted molar refractivity (Wildman–Crippen MR) is 72.5 cm³/mol. The lowest BCUT2D eigenvalue weighted by Gasteiger charge is -2.11. The number of hydrogen-bond donors (Lipinski definition) is 1. The van der Waals surface area contributed by atoms with E-state index >= 15 is 0 Å². The quantitative estimate of drug-likeness (QED) is 0.686. The molecule has 6 heteroatoms. The first-order chi connectivity index (χ1) is 9.13. The van der Waals surface area contributed by atoms with E-state index in [2.05, 4.69) is 0 Å². The molecule has 98 valence electrons. The first-order valence-electron chi connectivity index (χ1n) is 5.52. The number of rotatable bonds is 4. The van der Waals surface area contributed by atoms with Gasteiger partial charge in [0.2, 0.25) is 5.75 Å². The molecule has 0 aromatic heterocycles. The molecule has 2 rings (SSSR count). The Morgan fingerprint density at radius 1 is 1.21 bits per heavy atom. The third-order valence-electron chi connectivity index (χ3n) is 2.55. The van der Waals surface area contributed by atoms with Gasteiger partial charge in [0.25, 0.3) is 0 Å². The van der Waals surface area contributed by atoms with Crippen LogP contribution in [0.2, 0.25) is 5.02 Å². The van der Waals surface area contributed by atoms with E-state index in [1.54, 1.807) is 18.2 Å². The monoisotopic (exact) mass is 278 g/mol. The third kappa shape index (κ3) is 2.83. The van der Waals surface area contributed by atoms with E-state index in [0.717, 1.165) is 5.56 Å². The van der Waals surface area contributed by atoms with Gasteiger partial charge in [0.15, 0.2) is 0 Å². The van der Waals surface area contributed by atoms with Crippen LogP contribution in [0.4, 0.5) is 5.69 Å². The highest BCUT2D eigenvalue weighted by molar-refractivity contribution is 6.32. The van der Waals surface area contributed by atoms with Crippen LogP contribution in [-0.2, 0) is 6.54 Å². The predicted octanol–water partition coefficient (Wildman–Crippen LogP) is 3.50. The van der Waals surface area contributed by atoms with Crippen LogP contribution in [-0.4, -0.2) is 4.92 Å². The van der Waals surface area contributed by atoms with E-state index in [1.165, 1.54) is 18.2 Å². The second-order valence-electron chi connectivity index (χ2n) is 3.76. The molecule has 0 unspecified atom stereocenters. The zero-order valence-corrected chi connectivity index (χ0v) is 10.6. The summed E-state index contributed by atoms with van der Waals surface area (Å²) in [5.74, 6) is 0.483. The molecule has 0 heterocycles. The number of halogens is 1. The zero-order chi connectivity index (χ0) is 13.8. The summed E-state index contributed by atoms with van der Waals surface area (Å²) in [6.45, 7) is 0.272. The Hall–Kier alpha value is -2.11. The smallest absolute Gasteiger partial charge is 0.313 e. The van der Waals surface area contributed by atoms with E-state index in [0.29, 0.717) is 5.75 Å². The Kier molecular flexibility index (Phi) is 3.99. The number of nitrogens with two attached hydrogens (primary N) is 1. The van der Waals surface area contributed by atoms with Gasteiger partial charge in [0.05, 0.1) is 9.95 Å². The van der Waals surface area contributed by atoms with E-state index in [1.807, 2.05) is 6.07 Å². The molecule has 19 heavy (non-hydrogen) atoms. The minimum absolute atomic E-state index is 0.0232. The second kappa shape index (κ2) is 5.69. The largest absolute Gasteiger partial charge is 0.448 e. The van der Waals surface area contributed by atoms with E-state index < -0.39 is 4.92 Å². The van der Waals surface area contributed by atoms with Crippen molar-refractivity contribution in [1.29, 1.82) is 0 Å². The standard InChI is InChI=1S/C13H11ClN2O3/c14-10-5-3-6-11(16(17)18)13(10)19-12-7-2-1-4-9(12)8-15/h1-7H,8,15H2. The minimum atomic E-state index is -0.535. The molecule has 0 amide bonds. The molecule has 0 atom stereocenters. The van der Waals surface area contributed by atoms with Gasteiger partial charge in [-0.1, -0.05) is 35.9 Å². The van der Waals surface area contributed by atoms with Crippen molar-refractivity contribution in [2.24, 2.45) is 5.73 Å². The van der Waals surface area contributed by atoms with Crippen LogP contribution in [0.1, 0.15) is 5.56 Å². The minimum Gasteiger partial charge on any atom is -0.448 e. The fourth-order valence-corrected chi connectivity index (χ4v) is 1.83. The van der Waals surface area contributed by atoms with Gasteiger partial charge in [-0.3, -0.25) is 10.1 Å². The maximum Gasteiger partial charge on any atom is 0.313 e. The van der Waals surface area contributed by atoms with Crippen LogP contribution in [0.3, 0.4) is 0 Å². The fourth-order valence-electron chi connectivity index (χ4n) is 1.62. The van der Waals surface area contributed by atoms with Gasteiger partial charge < -0.3 is 10.5 Å². The van der Waals surface area contributed by atoms with Gasteiger partial charge in [-0.05, 0) is 12.1 Å². The van der Waals surface area contributed by atoms with Crippen molar-refractivity contribution in [1.82, 2.24) is 0 Å². The van der Waals surface area contributed by atoms with Crippen molar-refractivity contribution in [3.8, 4) is 11.5 Å². The molecule has 2 aromatic rings. The molecule has 0 radical (unpaired) electrons. The highest BCUT2D eigenvalue weighted by atomic mass is 35.5. The SMILES string of the molecule is NCc1ccccc1Oc1c(Cl)cccc1[N+](=O)[O-]. The van der Waals surface area contributed by atoms with Gasteiger partial charge in [-0.15, -0.1) is 0 Å². The van der Waals surface area contributed by atoms with Crippen LogP contribution in [0.5, 0.6) is 11.5 Å². The summed E-state index contributed by atoms with van der Waals surface area (Å²) in [5, 5.41) is 11.1. The Morgan fingerprint density at radius 3 is 2.63 bits per heavy atom. The van der Waals surface area contributed by atoms with Crippen molar-refractivity contribution < 1.29 is 9.66 Å². The van der Waals surface area contributed by atoms with Gasteiger partial charge in [-0.2, -0.15) is 0 Å². The van der Waals surface area contributed by atoms with E-state index in [9.17, 15) is 10.1 Å². The second-order valence-corrected chi connectivity index (χ2v) is 4.17. The molecule has 2 N–H and O–H groups in total. The topological polar surface area (TPSA) is 78.4 Å². The molecular weight excluding hydrogens is 268 g/mol. The van der Waals surface area contributed by atoms with Crippen molar-refractivity contribution in [2.75, 3.05) is 0 Å². The number of para-hydroxylation sites is 2. The van der Waals surface area contributed by atoms with Crippen molar-refractivity contribution in [3.63, 3.8) is 0 Å². The molecule has 0 saturated carbocycles. The average Bonchev–Trinajstić information content (AvgIpc) is 2.41. The normalized spacial score (nSPS) is 10.2. The number of benzene rings is 2. The third-order valence-corrected chi connectivity index (χ3v) is 2.85. The van der Waals surface area contributed by atoms with Crippen molar-refractivity contribution in [2.45, 2.75) is 6.54 Å². The Morgan fingerprint density at radius 2 is 1.95 bits per heavy atom. The first kappa shape index (κ1) is 13.3. The molecule has 0 aliphatic heterocycles. The van der Waals surface area contributed by atoms with Crippen LogP contribution in [0, 0.1) is 10.1 Å². The highest BCUT2D eigenvalue weighted by Gasteiger charge is 2.19. The maximum absolute atomic E-state index is 11.0. The first-order valence-corrected chi connectivity index (χ1v) is 5.90. The summed E-state index contributed by atoms with van der Waals surface area (Å²) in [7, 11) is 0. The average molecular weight is 279 g/mol. The lowest BCUT2D eigenvalue weighted by molar-refractivity contribution is -0.385. The molecular formula is C13H11ClN2O3. The Bertz CT molecular complexity index is 617. The molecule has 0 bridgehead atoms. The Labute approximate surface area is 114 Å². The molecule has 0 spiro atoms. The summed E-state index contributed by atoms with van der Waals surface area (Å²) < 4.78 is 5.57. The van der Waals surface area contributed by atoms with Crippen LogP contribution in [0.15, 0.2) is 42.5 Å². The van der Waals surface area contributed by atoms with Crippen LogP contribution in [0.25, 0.3) is 0 Å². The Balaban J connectivity index is 2.46. The molecule has 0 aliphatic carbocycles. The van der Waals surface area contributed by atoms with Crippen molar-refractivity contribution in [3.05, 3.63) is 63.2 Å². The summed E-state index contributed by atoms with van der Waals surface area (Å²) in [5.41, 5.74) is 6.16. The maximum atomic E-state index is 11.0. The van der Waals surface area contributed by atoms with Gasteiger partial charge >= 0.3 is 5.69 Å². The molecule has 5 nitrogen and oxygen atoms in total. The van der Waals surface area contributed by atoms with Crippen molar-refractivity contribution >= 4 is 17.3 Å². The summed E-state index contributed by atoms with van der Waals surface area (Å²) in [4.78, 5) is 10.4. The van der Waals surface area contributed by atoms with Gasteiger partial charge in [0, 0.05) is 18.2 Å². The number of nitro groups is 1. The van der Waals surface area contributed by atoms with E-state index in [4.69, 9.17) is 22.1 Å². The molecule has 0 aliphatic rings. The molecule has 2 aromatic carbocycles. The lowest BCUT2D eigenvalue weighted by Crippen LogP contribution is -2.00. The molecule has 0 fully saturated rings. The zero-order valence-electron chi connectivity index (χ0n) is 9.88.